The van der Waals surface area contributed by atoms with E-state index in [9.17, 15) is 14.3 Å². The van der Waals surface area contributed by atoms with Crippen LogP contribution in [0.4, 0.5) is 4.39 Å². The average Bonchev–Trinajstić information content (AvgIpc) is 3.15. The standard InChI is InChI=1S/C24H27BrFN3O2S/c1-24(2,3)15-5-7-18-14(10-15)12-20-22(28-18)32-23(29-20)21(31)27-19(8-9-30)13-4-6-16(25)17(26)11-13/h4,6,11-12,15,19,30H,5,7-10H2,1-3H3,(H,27,31)/t15?,19-/m1/s1. The summed E-state index contributed by atoms with van der Waals surface area (Å²) in [6, 6.07) is 6.25. The molecule has 0 bridgehead atoms. The van der Waals surface area contributed by atoms with Crippen LogP contribution in [0.1, 0.15) is 66.3 Å². The first-order chi connectivity index (χ1) is 15.2. The van der Waals surface area contributed by atoms with Crippen molar-refractivity contribution in [3.05, 3.63) is 56.4 Å². The zero-order valence-electron chi connectivity index (χ0n) is 18.4. The normalized spacial score (nSPS) is 17.2. The summed E-state index contributed by atoms with van der Waals surface area (Å²) in [6.45, 7) is 6.70. The van der Waals surface area contributed by atoms with Gasteiger partial charge in [-0.05, 0) is 82.3 Å². The van der Waals surface area contributed by atoms with Crippen molar-refractivity contribution >= 4 is 43.5 Å². The number of aliphatic hydroxyl groups is 1. The highest BCUT2D eigenvalue weighted by Gasteiger charge is 2.30. The lowest BCUT2D eigenvalue weighted by molar-refractivity contribution is 0.0929. The van der Waals surface area contributed by atoms with Gasteiger partial charge in [0.1, 0.15) is 16.2 Å². The summed E-state index contributed by atoms with van der Waals surface area (Å²) in [5.41, 5.74) is 3.91. The number of amides is 1. The fourth-order valence-electron chi connectivity index (χ4n) is 4.25. The van der Waals surface area contributed by atoms with Gasteiger partial charge in [0.25, 0.3) is 5.91 Å². The smallest absolute Gasteiger partial charge is 0.280 e. The highest BCUT2D eigenvalue weighted by atomic mass is 79.9. The number of hydrogen-bond acceptors (Lipinski definition) is 5. The molecule has 0 saturated carbocycles. The van der Waals surface area contributed by atoms with E-state index in [0.29, 0.717) is 21.0 Å². The largest absolute Gasteiger partial charge is 0.396 e. The van der Waals surface area contributed by atoms with E-state index in [1.54, 1.807) is 12.1 Å². The Bertz CT molecular complexity index is 1160. The molecule has 32 heavy (non-hydrogen) atoms. The first-order valence-corrected chi connectivity index (χ1v) is 12.4. The number of aromatic nitrogens is 2. The van der Waals surface area contributed by atoms with E-state index in [2.05, 4.69) is 53.1 Å². The first-order valence-electron chi connectivity index (χ1n) is 10.8. The van der Waals surface area contributed by atoms with Crippen LogP contribution in [0.25, 0.3) is 10.3 Å². The van der Waals surface area contributed by atoms with Gasteiger partial charge in [0, 0.05) is 12.3 Å². The summed E-state index contributed by atoms with van der Waals surface area (Å²) in [5.74, 6) is -0.162. The molecule has 1 unspecified atom stereocenters. The maximum atomic E-state index is 14.0. The van der Waals surface area contributed by atoms with Crippen LogP contribution >= 0.6 is 27.3 Å². The monoisotopic (exact) mass is 519 g/mol. The lowest BCUT2D eigenvalue weighted by atomic mass is 9.71. The zero-order valence-corrected chi connectivity index (χ0v) is 20.8. The first kappa shape index (κ1) is 23.3. The number of aliphatic hydroxyl groups excluding tert-OH is 1. The van der Waals surface area contributed by atoms with E-state index in [0.717, 1.165) is 35.3 Å². The van der Waals surface area contributed by atoms with Gasteiger partial charge in [-0.25, -0.2) is 14.4 Å². The molecule has 0 saturated heterocycles. The Morgan fingerprint density at radius 2 is 2.12 bits per heavy atom. The predicted molar refractivity (Wildman–Crippen MR) is 128 cm³/mol. The van der Waals surface area contributed by atoms with E-state index >= 15 is 0 Å². The fraction of sp³-hybridized carbons (Fsp3) is 0.458. The maximum Gasteiger partial charge on any atom is 0.280 e. The van der Waals surface area contributed by atoms with Crippen molar-refractivity contribution in [2.75, 3.05) is 6.61 Å². The van der Waals surface area contributed by atoms with Crippen molar-refractivity contribution < 1.29 is 14.3 Å². The van der Waals surface area contributed by atoms with Crippen molar-refractivity contribution in [1.29, 1.82) is 0 Å². The number of rotatable bonds is 5. The van der Waals surface area contributed by atoms with Gasteiger partial charge in [-0.15, -0.1) is 0 Å². The summed E-state index contributed by atoms with van der Waals surface area (Å²) < 4.78 is 14.3. The molecular formula is C24H27BrFN3O2S. The second-order valence-electron chi connectivity index (χ2n) is 9.46. The van der Waals surface area contributed by atoms with Gasteiger partial charge in [0.2, 0.25) is 0 Å². The molecule has 2 atom stereocenters. The van der Waals surface area contributed by atoms with E-state index in [4.69, 9.17) is 4.98 Å². The molecule has 0 spiro atoms. The number of halogens is 2. The van der Waals surface area contributed by atoms with Gasteiger partial charge < -0.3 is 10.4 Å². The van der Waals surface area contributed by atoms with Gasteiger partial charge in [-0.3, -0.25) is 4.79 Å². The predicted octanol–water partition coefficient (Wildman–Crippen LogP) is 5.60. The molecule has 1 aliphatic carbocycles. The Balaban J connectivity index is 1.57. The van der Waals surface area contributed by atoms with Gasteiger partial charge in [0.15, 0.2) is 5.01 Å². The Morgan fingerprint density at radius 3 is 2.81 bits per heavy atom. The Hall–Kier alpha value is -1.90. The maximum absolute atomic E-state index is 14.0. The number of carbonyl (C=O) groups excluding carboxylic acids is 1. The quantitative estimate of drug-likeness (QED) is 0.460. The highest BCUT2D eigenvalue weighted by Crippen LogP contribution is 2.38. The number of nitrogens with one attached hydrogen (secondary N) is 1. The minimum Gasteiger partial charge on any atom is -0.396 e. The van der Waals surface area contributed by atoms with Crippen molar-refractivity contribution in [1.82, 2.24) is 15.3 Å². The molecule has 0 radical (unpaired) electrons. The lowest BCUT2D eigenvalue weighted by Crippen LogP contribution is -2.29. The number of carbonyl (C=O) groups is 1. The Labute approximate surface area is 199 Å². The molecule has 2 aromatic heterocycles. The molecule has 8 heteroatoms. The molecule has 5 nitrogen and oxygen atoms in total. The Morgan fingerprint density at radius 1 is 1.34 bits per heavy atom. The van der Waals surface area contributed by atoms with Crippen LogP contribution in [0, 0.1) is 17.2 Å². The van der Waals surface area contributed by atoms with E-state index in [1.807, 2.05) is 0 Å². The average molecular weight is 520 g/mol. The number of nitrogens with zero attached hydrogens (tertiary/aromatic N) is 2. The number of benzene rings is 1. The zero-order chi connectivity index (χ0) is 23.0. The van der Waals surface area contributed by atoms with Gasteiger partial charge in [-0.1, -0.05) is 38.2 Å². The minimum atomic E-state index is -0.518. The molecule has 0 fully saturated rings. The van der Waals surface area contributed by atoms with Crippen molar-refractivity contribution in [2.24, 2.45) is 11.3 Å². The van der Waals surface area contributed by atoms with Gasteiger partial charge >= 0.3 is 0 Å². The second-order valence-corrected chi connectivity index (χ2v) is 11.3. The molecule has 4 rings (SSSR count). The summed E-state index contributed by atoms with van der Waals surface area (Å²) in [6.07, 6.45) is 3.32. The fourth-order valence-corrected chi connectivity index (χ4v) is 5.34. The topological polar surface area (TPSA) is 75.1 Å². The summed E-state index contributed by atoms with van der Waals surface area (Å²) in [7, 11) is 0. The minimum absolute atomic E-state index is 0.133. The summed E-state index contributed by atoms with van der Waals surface area (Å²) in [5, 5.41) is 12.7. The van der Waals surface area contributed by atoms with Crippen LogP contribution in [0.3, 0.4) is 0 Å². The Kier molecular flexibility index (Phi) is 6.66. The van der Waals surface area contributed by atoms with E-state index in [-0.39, 0.29) is 24.3 Å². The number of fused-ring (bicyclic) bond motifs is 2. The summed E-state index contributed by atoms with van der Waals surface area (Å²) in [4.78, 5) is 23.1. The molecular weight excluding hydrogens is 493 g/mol. The molecule has 2 N–H and O–H groups in total. The van der Waals surface area contributed by atoms with Gasteiger partial charge in [0.05, 0.1) is 10.5 Å². The molecule has 1 aliphatic rings. The number of pyridine rings is 1. The third-order valence-electron chi connectivity index (χ3n) is 6.24. The van der Waals surface area contributed by atoms with Crippen LogP contribution < -0.4 is 5.32 Å². The number of aryl methyl sites for hydroxylation is 1. The molecule has 1 amide bonds. The van der Waals surface area contributed by atoms with Crippen molar-refractivity contribution in [3.63, 3.8) is 0 Å². The molecule has 1 aromatic carbocycles. The summed E-state index contributed by atoms with van der Waals surface area (Å²) >= 11 is 4.41. The molecule has 2 heterocycles. The second kappa shape index (κ2) is 9.15. The number of thiazole rings is 1. The van der Waals surface area contributed by atoms with Crippen LogP contribution in [0.2, 0.25) is 0 Å². The lowest BCUT2D eigenvalue weighted by Gasteiger charge is -2.34. The SMILES string of the molecule is CC(C)(C)C1CCc2nc3sc(C(=O)N[C@H](CCO)c4ccc(Br)c(F)c4)nc3cc2C1. The van der Waals surface area contributed by atoms with Crippen LogP contribution in [-0.2, 0) is 12.8 Å². The third kappa shape index (κ3) is 4.87. The van der Waals surface area contributed by atoms with Crippen LogP contribution in [0.5, 0.6) is 0 Å². The molecule has 3 aromatic rings. The van der Waals surface area contributed by atoms with Crippen LogP contribution in [-0.4, -0.2) is 27.6 Å². The highest BCUT2D eigenvalue weighted by molar-refractivity contribution is 9.10. The molecule has 170 valence electrons. The third-order valence-corrected chi connectivity index (χ3v) is 7.84. The van der Waals surface area contributed by atoms with Crippen LogP contribution in [0.15, 0.2) is 28.7 Å². The molecule has 0 aliphatic heterocycles. The van der Waals surface area contributed by atoms with E-state index < -0.39 is 11.9 Å². The number of hydrogen-bond donors (Lipinski definition) is 2. The van der Waals surface area contributed by atoms with Crippen molar-refractivity contribution in [3.8, 4) is 0 Å². The van der Waals surface area contributed by atoms with Gasteiger partial charge in [-0.2, -0.15) is 0 Å². The van der Waals surface area contributed by atoms with E-state index in [1.165, 1.54) is 23.0 Å². The van der Waals surface area contributed by atoms with Crippen molar-refractivity contribution in [2.45, 2.75) is 52.5 Å².